The lowest BCUT2D eigenvalue weighted by Gasteiger charge is -2.23. The third-order valence-electron chi connectivity index (χ3n) is 2.99. The Morgan fingerprint density at radius 3 is 2.33 bits per heavy atom. The largest absolute Gasteiger partial charge is 0.351 e. The Morgan fingerprint density at radius 1 is 1.10 bits per heavy atom. The summed E-state index contributed by atoms with van der Waals surface area (Å²) in [5.74, 6) is 0.664. The maximum Gasteiger partial charge on any atom is 0.239 e. The Labute approximate surface area is 124 Å². The lowest BCUT2D eigenvalue weighted by molar-refractivity contribution is 0.597. The van der Waals surface area contributed by atoms with E-state index in [0.717, 1.165) is 5.56 Å². The van der Waals surface area contributed by atoms with E-state index in [2.05, 4.69) is 4.98 Å². The van der Waals surface area contributed by atoms with E-state index in [1.165, 1.54) is 12.3 Å². The Kier molecular flexibility index (Phi) is 4.89. The maximum absolute atomic E-state index is 11.2. The molecule has 6 nitrogen and oxygen atoms in total. The van der Waals surface area contributed by atoms with Crippen LogP contribution in [-0.2, 0) is 16.6 Å². The van der Waals surface area contributed by atoms with E-state index in [0.29, 0.717) is 25.5 Å². The molecule has 1 heterocycles. The predicted molar refractivity (Wildman–Crippen MR) is 82.2 cm³/mol. The van der Waals surface area contributed by atoms with Crippen LogP contribution in [0.5, 0.6) is 0 Å². The molecule has 1 aromatic carbocycles. The molecule has 0 saturated carbocycles. The van der Waals surface area contributed by atoms with Gasteiger partial charge in [-0.15, -0.1) is 0 Å². The SMILES string of the molecule is NCCN(Cc1ccccc1)c1ccc(S(N)(=O)=O)cn1. The van der Waals surface area contributed by atoms with Crippen molar-refractivity contribution in [3.05, 3.63) is 54.2 Å². The fraction of sp³-hybridized carbons (Fsp3) is 0.214. The van der Waals surface area contributed by atoms with Crippen molar-refractivity contribution in [2.75, 3.05) is 18.0 Å². The third-order valence-corrected chi connectivity index (χ3v) is 3.89. The van der Waals surface area contributed by atoms with Gasteiger partial charge in [0.25, 0.3) is 0 Å². The number of sulfonamides is 1. The van der Waals surface area contributed by atoms with Crippen LogP contribution in [-0.4, -0.2) is 26.5 Å². The molecule has 0 saturated heterocycles. The van der Waals surface area contributed by atoms with Crippen LogP contribution in [0.25, 0.3) is 0 Å². The van der Waals surface area contributed by atoms with Gasteiger partial charge in [-0.05, 0) is 17.7 Å². The van der Waals surface area contributed by atoms with Crippen LogP contribution in [0, 0.1) is 0 Å². The van der Waals surface area contributed by atoms with Crippen LogP contribution in [0.4, 0.5) is 5.82 Å². The summed E-state index contributed by atoms with van der Waals surface area (Å²) in [6, 6.07) is 13.0. The molecule has 0 aliphatic carbocycles. The Morgan fingerprint density at radius 2 is 1.81 bits per heavy atom. The molecule has 2 aromatic rings. The van der Waals surface area contributed by atoms with Crippen molar-refractivity contribution in [1.82, 2.24) is 4.98 Å². The maximum atomic E-state index is 11.2. The topological polar surface area (TPSA) is 102 Å². The number of nitrogens with zero attached hydrogens (tertiary/aromatic N) is 2. The second-order valence-corrected chi connectivity index (χ2v) is 6.15. The Hall–Kier alpha value is -1.96. The van der Waals surface area contributed by atoms with E-state index >= 15 is 0 Å². The van der Waals surface area contributed by atoms with Crippen LogP contribution in [0.2, 0.25) is 0 Å². The van der Waals surface area contributed by atoms with Gasteiger partial charge in [-0.3, -0.25) is 0 Å². The number of aromatic nitrogens is 1. The minimum absolute atomic E-state index is 0.00124. The highest BCUT2D eigenvalue weighted by Gasteiger charge is 2.11. The lowest BCUT2D eigenvalue weighted by atomic mass is 10.2. The van der Waals surface area contributed by atoms with Gasteiger partial charge in [0.2, 0.25) is 10.0 Å². The van der Waals surface area contributed by atoms with Crippen molar-refractivity contribution in [3.63, 3.8) is 0 Å². The number of anilines is 1. The van der Waals surface area contributed by atoms with Crippen molar-refractivity contribution < 1.29 is 8.42 Å². The summed E-state index contributed by atoms with van der Waals surface area (Å²) in [6.07, 6.45) is 1.26. The Balaban J connectivity index is 2.22. The number of hydrogen-bond donors (Lipinski definition) is 2. The van der Waals surface area contributed by atoms with Gasteiger partial charge in [0.05, 0.1) is 0 Å². The summed E-state index contributed by atoms with van der Waals surface area (Å²) in [5.41, 5.74) is 6.76. The van der Waals surface area contributed by atoms with Gasteiger partial charge in [-0.2, -0.15) is 0 Å². The molecular weight excluding hydrogens is 288 g/mol. The molecule has 0 bridgehead atoms. The molecule has 7 heteroatoms. The van der Waals surface area contributed by atoms with E-state index in [9.17, 15) is 8.42 Å². The summed E-state index contributed by atoms with van der Waals surface area (Å²) in [4.78, 5) is 6.16. The molecule has 0 fully saturated rings. The van der Waals surface area contributed by atoms with E-state index < -0.39 is 10.0 Å². The summed E-state index contributed by atoms with van der Waals surface area (Å²) in [7, 11) is -3.72. The molecule has 0 aliphatic heterocycles. The second-order valence-electron chi connectivity index (χ2n) is 4.59. The van der Waals surface area contributed by atoms with Crippen molar-refractivity contribution in [1.29, 1.82) is 0 Å². The highest BCUT2D eigenvalue weighted by atomic mass is 32.2. The smallest absolute Gasteiger partial charge is 0.239 e. The van der Waals surface area contributed by atoms with Crippen molar-refractivity contribution in [2.24, 2.45) is 10.9 Å². The number of primary sulfonamides is 1. The fourth-order valence-corrected chi connectivity index (χ4v) is 2.42. The molecule has 0 aliphatic rings. The van der Waals surface area contributed by atoms with Crippen LogP contribution >= 0.6 is 0 Å². The normalized spacial score (nSPS) is 11.3. The van der Waals surface area contributed by atoms with Crippen molar-refractivity contribution in [3.8, 4) is 0 Å². The first-order chi connectivity index (χ1) is 10.0. The highest BCUT2D eigenvalue weighted by Crippen LogP contribution is 2.16. The van der Waals surface area contributed by atoms with E-state index in [-0.39, 0.29) is 4.90 Å². The van der Waals surface area contributed by atoms with Crippen LogP contribution in [0.3, 0.4) is 0 Å². The van der Waals surface area contributed by atoms with Gasteiger partial charge in [0, 0.05) is 25.8 Å². The second kappa shape index (κ2) is 6.66. The molecule has 0 atom stereocenters. The van der Waals surface area contributed by atoms with Crippen LogP contribution in [0.15, 0.2) is 53.6 Å². The highest BCUT2D eigenvalue weighted by molar-refractivity contribution is 7.89. The van der Waals surface area contributed by atoms with E-state index in [1.807, 2.05) is 35.2 Å². The summed E-state index contributed by atoms with van der Waals surface area (Å²) in [6.45, 7) is 1.75. The molecule has 0 spiro atoms. The third kappa shape index (κ3) is 4.25. The zero-order valence-electron chi connectivity index (χ0n) is 11.5. The molecule has 0 amide bonds. The van der Waals surface area contributed by atoms with Gasteiger partial charge in [0.15, 0.2) is 0 Å². The number of rotatable bonds is 6. The first-order valence-corrected chi connectivity index (χ1v) is 8.03. The van der Waals surface area contributed by atoms with Gasteiger partial charge >= 0.3 is 0 Å². The quantitative estimate of drug-likeness (QED) is 0.817. The monoisotopic (exact) mass is 306 g/mol. The zero-order valence-corrected chi connectivity index (χ0v) is 12.3. The average Bonchev–Trinajstić information content (AvgIpc) is 2.47. The predicted octanol–water partition coefficient (Wildman–Crippen LogP) is 0.694. The van der Waals surface area contributed by atoms with E-state index in [1.54, 1.807) is 6.07 Å². The van der Waals surface area contributed by atoms with Crippen molar-refractivity contribution >= 4 is 15.8 Å². The zero-order chi connectivity index (χ0) is 15.3. The average molecular weight is 306 g/mol. The summed E-state index contributed by atoms with van der Waals surface area (Å²) in [5, 5.41) is 5.06. The number of pyridine rings is 1. The minimum atomic E-state index is -3.72. The van der Waals surface area contributed by atoms with Crippen LogP contribution < -0.4 is 15.8 Å². The van der Waals surface area contributed by atoms with Gasteiger partial charge in [-0.1, -0.05) is 30.3 Å². The molecule has 112 valence electrons. The number of hydrogen-bond acceptors (Lipinski definition) is 5. The summed E-state index contributed by atoms with van der Waals surface area (Å²) < 4.78 is 22.5. The van der Waals surface area contributed by atoms with Crippen molar-refractivity contribution in [2.45, 2.75) is 11.4 Å². The van der Waals surface area contributed by atoms with Gasteiger partial charge in [0.1, 0.15) is 10.7 Å². The molecule has 21 heavy (non-hydrogen) atoms. The molecule has 0 radical (unpaired) electrons. The fourth-order valence-electron chi connectivity index (χ4n) is 1.96. The molecule has 4 N–H and O–H groups in total. The molecular formula is C14H18N4O2S. The number of benzene rings is 1. The van der Waals surface area contributed by atoms with Crippen LogP contribution in [0.1, 0.15) is 5.56 Å². The number of nitrogens with two attached hydrogens (primary N) is 2. The molecule has 0 unspecified atom stereocenters. The first-order valence-electron chi connectivity index (χ1n) is 6.48. The molecule has 2 rings (SSSR count). The molecule has 1 aromatic heterocycles. The lowest BCUT2D eigenvalue weighted by Crippen LogP contribution is -2.29. The van der Waals surface area contributed by atoms with Gasteiger partial charge < -0.3 is 10.6 Å². The Bertz CT molecular complexity index is 672. The minimum Gasteiger partial charge on any atom is -0.351 e. The standard InChI is InChI=1S/C14H18N4O2S/c15-8-9-18(11-12-4-2-1-3-5-12)14-7-6-13(10-17-14)21(16,19)20/h1-7,10H,8-9,11,15H2,(H2,16,19,20). The van der Waals surface area contributed by atoms with E-state index in [4.69, 9.17) is 10.9 Å². The summed E-state index contributed by atoms with van der Waals surface area (Å²) >= 11 is 0. The van der Waals surface area contributed by atoms with Gasteiger partial charge in [-0.25, -0.2) is 18.5 Å². The first kappa shape index (κ1) is 15.4.